The van der Waals surface area contributed by atoms with E-state index in [0.717, 1.165) is 37.2 Å². The Bertz CT molecular complexity index is 667. The first-order chi connectivity index (χ1) is 10.9. The highest BCUT2D eigenvalue weighted by Crippen LogP contribution is 2.30. The molecule has 1 fully saturated rings. The summed E-state index contributed by atoms with van der Waals surface area (Å²) < 4.78 is 40.0. The van der Waals surface area contributed by atoms with Crippen molar-refractivity contribution in [1.29, 1.82) is 0 Å². The SMILES string of the molecule is Cn1cc(N2CCCC(Nc3cc(C(F)(F)F)ccn3)C2)cn1. The summed E-state index contributed by atoms with van der Waals surface area (Å²) in [5.41, 5.74) is 0.339. The van der Waals surface area contributed by atoms with E-state index in [4.69, 9.17) is 0 Å². The third-order valence-corrected chi connectivity index (χ3v) is 3.92. The smallest absolute Gasteiger partial charge is 0.367 e. The summed E-state index contributed by atoms with van der Waals surface area (Å²) in [4.78, 5) is 6.19. The third-order valence-electron chi connectivity index (χ3n) is 3.92. The molecule has 1 atom stereocenters. The number of pyridine rings is 1. The molecule has 1 unspecified atom stereocenters. The summed E-state index contributed by atoms with van der Waals surface area (Å²) in [6, 6.07) is 2.09. The zero-order valence-corrected chi connectivity index (χ0v) is 12.7. The summed E-state index contributed by atoms with van der Waals surface area (Å²) >= 11 is 0. The number of rotatable bonds is 3. The largest absolute Gasteiger partial charge is 0.416 e. The quantitative estimate of drug-likeness (QED) is 0.942. The van der Waals surface area contributed by atoms with E-state index in [0.29, 0.717) is 6.54 Å². The maximum absolute atomic E-state index is 12.8. The molecular weight excluding hydrogens is 307 g/mol. The number of hydrogen-bond donors (Lipinski definition) is 1. The highest BCUT2D eigenvalue weighted by molar-refractivity contribution is 5.45. The first-order valence-corrected chi connectivity index (χ1v) is 7.45. The van der Waals surface area contributed by atoms with E-state index in [9.17, 15) is 13.2 Å². The van der Waals surface area contributed by atoms with Gasteiger partial charge in [0.25, 0.3) is 0 Å². The second-order valence-corrected chi connectivity index (χ2v) is 5.73. The highest BCUT2D eigenvalue weighted by Gasteiger charge is 2.31. The van der Waals surface area contributed by atoms with Crippen molar-refractivity contribution < 1.29 is 13.2 Å². The van der Waals surface area contributed by atoms with Crippen LogP contribution < -0.4 is 10.2 Å². The van der Waals surface area contributed by atoms with Gasteiger partial charge in [0.05, 0.1) is 17.4 Å². The van der Waals surface area contributed by atoms with Crippen LogP contribution in [0, 0.1) is 0 Å². The molecule has 1 saturated heterocycles. The minimum atomic E-state index is -4.35. The topological polar surface area (TPSA) is 46.0 Å². The molecular formula is C15H18F3N5. The fraction of sp³-hybridized carbons (Fsp3) is 0.467. The lowest BCUT2D eigenvalue weighted by atomic mass is 10.1. The van der Waals surface area contributed by atoms with Gasteiger partial charge in [-0.25, -0.2) is 4.98 Å². The molecule has 1 N–H and O–H groups in total. The van der Waals surface area contributed by atoms with Gasteiger partial charge in [-0.05, 0) is 25.0 Å². The standard InChI is InChI=1S/C15H18F3N5/c1-22-10-13(8-20-22)23-6-2-3-12(9-23)21-14-7-11(4-5-19-14)15(16,17)18/h4-5,7-8,10,12H,2-3,6,9H2,1H3,(H,19,21). The molecule has 3 rings (SSSR count). The van der Waals surface area contributed by atoms with Crippen LogP contribution in [-0.4, -0.2) is 33.9 Å². The monoisotopic (exact) mass is 325 g/mol. The second-order valence-electron chi connectivity index (χ2n) is 5.73. The van der Waals surface area contributed by atoms with Crippen molar-refractivity contribution in [2.45, 2.75) is 25.1 Å². The van der Waals surface area contributed by atoms with Crippen LogP contribution in [0.3, 0.4) is 0 Å². The van der Waals surface area contributed by atoms with Crippen molar-refractivity contribution in [3.8, 4) is 0 Å². The van der Waals surface area contributed by atoms with Crippen molar-refractivity contribution in [3.05, 3.63) is 36.3 Å². The molecule has 0 spiro atoms. The van der Waals surface area contributed by atoms with Crippen LogP contribution in [0.25, 0.3) is 0 Å². The minimum Gasteiger partial charge on any atom is -0.367 e. The third kappa shape index (κ3) is 3.75. The number of aryl methyl sites for hydroxylation is 1. The number of halogens is 3. The molecule has 8 heteroatoms. The first kappa shape index (κ1) is 15.6. The summed E-state index contributed by atoms with van der Waals surface area (Å²) in [5.74, 6) is 0.262. The van der Waals surface area contributed by atoms with E-state index in [1.807, 2.05) is 13.2 Å². The number of piperidine rings is 1. The number of hydrogen-bond acceptors (Lipinski definition) is 4. The molecule has 2 aromatic heterocycles. The first-order valence-electron chi connectivity index (χ1n) is 7.45. The molecule has 2 aromatic rings. The number of alkyl halides is 3. The Morgan fingerprint density at radius 3 is 2.87 bits per heavy atom. The highest BCUT2D eigenvalue weighted by atomic mass is 19.4. The predicted molar refractivity (Wildman–Crippen MR) is 81.3 cm³/mol. The van der Waals surface area contributed by atoms with E-state index < -0.39 is 11.7 Å². The Morgan fingerprint density at radius 1 is 1.35 bits per heavy atom. The minimum absolute atomic E-state index is 0.0555. The maximum Gasteiger partial charge on any atom is 0.416 e. The number of nitrogens with zero attached hydrogens (tertiary/aromatic N) is 4. The van der Waals surface area contributed by atoms with E-state index >= 15 is 0 Å². The van der Waals surface area contributed by atoms with Gasteiger partial charge in [0.2, 0.25) is 0 Å². The van der Waals surface area contributed by atoms with Crippen molar-refractivity contribution in [2.75, 3.05) is 23.3 Å². The van der Waals surface area contributed by atoms with Crippen LogP contribution in [0.2, 0.25) is 0 Å². The Hall–Kier alpha value is -2.25. The van der Waals surface area contributed by atoms with E-state index in [1.54, 1.807) is 10.9 Å². The summed E-state index contributed by atoms with van der Waals surface area (Å²) in [6.45, 7) is 1.63. The van der Waals surface area contributed by atoms with Gasteiger partial charge in [-0.2, -0.15) is 18.3 Å². The van der Waals surface area contributed by atoms with Gasteiger partial charge in [0, 0.05) is 38.6 Å². The molecule has 1 aliphatic rings. The zero-order chi connectivity index (χ0) is 16.4. The lowest BCUT2D eigenvalue weighted by Gasteiger charge is -2.34. The Labute approximate surface area is 132 Å². The van der Waals surface area contributed by atoms with Gasteiger partial charge < -0.3 is 10.2 Å². The van der Waals surface area contributed by atoms with Gasteiger partial charge >= 0.3 is 6.18 Å². The van der Waals surface area contributed by atoms with Crippen LogP contribution >= 0.6 is 0 Å². The van der Waals surface area contributed by atoms with E-state index in [2.05, 4.69) is 20.3 Å². The summed E-state index contributed by atoms with van der Waals surface area (Å²) in [5, 5.41) is 7.28. The van der Waals surface area contributed by atoms with Gasteiger partial charge in [0.15, 0.2) is 0 Å². The van der Waals surface area contributed by atoms with E-state index in [1.165, 1.54) is 6.20 Å². The molecule has 0 bridgehead atoms. The van der Waals surface area contributed by atoms with Crippen LogP contribution in [0.15, 0.2) is 30.7 Å². The van der Waals surface area contributed by atoms with Crippen molar-refractivity contribution in [1.82, 2.24) is 14.8 Å². The van der Waals surface area contributed by atoms with Crippen LogP contribution in [0.5, 0.6) is 0 Å². The normalized spacial score (nSPS) is 19.0. The zero-order valence-electron chi connectivity index (χ0n) is 12.7. The number of aromatic nitrogens is 3. The van der Waals surface area contributed by atoms with Gasteiger partial charge in [-0.1, -0.05) is 0 Å². The van der Waals surface area contributed by atoms with Crippen molar-refractivity contribution in [3.63, 3.8) is 0 Å². The number of anilines is 2. The molecule has 0 aromatic carbocycles. The predicted octanol–water partition coefficient (Wildman–Crippen LogP) is 2.91. The van der Waals surface area contributed by atoms with Crippen LogP contribution in [0.1, 0.15) is 18.4 Å². The molecule has 1 aliphatic heterocycles. The Kier molecular flexibility index (Phi) is 4.14. The lowest BCUT2D eigenvalue weighted by Crippen LogP contribution is -2.42. The molecule has 0 amide bonds. The average molecular weight is 325 g/mol. The molecule has 0 radical (unpaired) electrons. The molecule has 3 heterocycles. The summed E-state index contributed by atoms with van der Waals surface area (Å²) in [6.07, 6.45) is 2.43. The fourth-order valence-corrected chi connectivity index (χ4v) is 2.80. The summed E-state index contributed by atoms with van der Waals surface area (Å²) in [7, 11) is 1.86. The molecule has 5 nitrogen and oxygen atoms in total. The van der Waals surface area contributed by atoms with Crippen molar-refractivity contribution >= 4 is 11.5 Å². The molecule has 124 valence electrons. The van der Waals surface area contributed by atoms with E-state index in [-0.39, 0.29) is 11.9 Å². The molecule has 0 aliphatic carbocycles. The molecule has 0 saturated carbocycles. The van der Waals surface area contributed by atoms with Crippen LogP contribution in [-0.2, 0) is 13.2 Å². The van der Waals surface area contributed by atoms with Gasteiger partial charge in [0.1, 0.15) is 5.82 Å². The Balaban J connectivity index is 1.68. The number of nitrogens with one attached hydrogen (secondary N) is 1. The lowest BCUT2D eigenvalue weighted by molar-refractivity contribution is -0.137. The van der Waals surface area contributed by atoms with Crippen LogP contribution in [0.4, 0.5) is 24.7 Å². The fourth-order valence-electron chi connectivity index (χ4n) is 2.80. The average Bonchev–Trinajstić information content (AvgIpc) is 2.94. The second kappa shape index (κ2) is 6.10. The van der Waals surface area contributed by atoms with Gasteiger partial charge in [-0.15, -0.1) is 0 Å². The van der Waals surface area contributed by atoms with Crippen molar-refractivity contribution in [2.24, 2.45) is 7.05 Å². The molecule has 23 heavy (non-hydrogen) atoms. The maximum atomic E-state index is 12.8. The Morgan fingerprint density at radius 2 is 2.17 bits per heavy atom. The van der Waals surface area contributed by atoms with Gasteiger partial charge in [-0.3, -0.25) is 4.68 Å².